The van der Waals surface area contributed by atoms with Crippen molar-refractivity contribution < 1.29 is 4.79 Å². The first-order valence-electron chi connectivity index (χ1n) is 9.63. The number of para-hydroxylation sites is 1. The molecule has 6 nitrogen and oxygen atoms in total. The highest BCUT2D eigenvalue weighted by Gasteiger charge is 2.16. The van der Waals surface area contributed by atoms with Crippen molar-refractivity contribution in [2.24, 2.45) is 0 Å². The molecule has 4 rings (SSSR count). The number of carbonyl (C=O) groups excluding carboxylic acids is 1. The molecule has 0 saturated carbocycles. The summed E-state index contributed by atoms with van der Waals surface area (Å²) in [4.78, 5) is 32.2. The van der Waals surface area contributed by atoms with Gasteiger partial charge in [0.2, 0.25) is 0 Å². The van der Waals surface area contributed by atoms with Gasteiger partial charge in [0, 0.05) is 11.3 Å². The Morgan fingerprint density at radius 2 is 1.87 bits per heavy atom. The molecule has 152 valence electrons. The SMILES string of the molecule is CC(=O)c1c(C)cc(C)c(CSc2nc3c(cnn3-c3ccccc3)c(=O)[nH]2)c1C. The lowest BCUT2D eigenvalue weighted by molar-refractivity contribution is 0.101. The lowest BCUT2D eigenvalue weighted by atomic mass is 9.92. The molecule has 0 saturated heterocycles. The van der Waals surface area contributed by atoms with Crippen LogP contribution in [-0.2, 0) is 5.75 Å². The summed E-state index contributed by atoms with van der Waals surface area (Å²) < 4.78 is 1.67. The first kappa shape index (κ1) is 20.1. The highest BCUT2D eigenvalue weighted by atomic mass is 32.2. The van der Waals surface area contributed by atoms with Crippen molar-refractivity contribution >= 4 is 28.6 Å². The minimum absolute atomic E-state index is 0.0657. The monoisotopic (exact) mass is 418 g/mol. The first-order chi connectivity index (χ1) is 14.4. The standard InChI is InChI=1S/C23H22N4O2S/c1-13-10-14(2)20(16(4)28)15(3)19(13)12-30-23-25-21-18(22(29)26-23)11-24-27(21)17-8-6-5-7-9-17/h5-11H,12H2,1-4H3,(H,25,26,29). The summed E-state index contributed by atoms with van der Waals surface area (Å²) in [6, 6.07) is 11.7. The van der Waals surface area contributed by atoms with Gasteiger partial charge in [-0.1, -0.05) is 36.0 Å². The molecular weight excluding hydrogens is 396 g/mol. The first-order valence-corrected chi connectivity index (χ1v) is 10.6. The molecule has 7 heteroatoms. The van der Waals surface area contributed by atoms with Crippen LogP contribution in [0.1, 0.15) is 39.5 Å². The molecule has 0 radical (unpaired) electrons. The second-order valence-electron chi connectivity index (χ2n) is 7.33. The van der Waals surface area contributed by atoms with Crippen LogP contribution in [0.25, 0.3) is 16.7 Å². The number of Topliss-reactive ketones (excluding diaryl/α,β-unsaturated/α-hetero) is 1. The number of benzene rings is 2. The van der Waals surface area contributed by atoms with E-state index in [2.05, 4.69) is 15.1 Å². The number of fused-ring (bicyclic) bond motifs is 1. The van der Waals surface area contributed by atoms with Gasteiger partial charge in [0.1, 0.15) is 5.39 Å². The third-order valence-electron chi connectivity index (χ3n) is 5.25. The maximum Gasteiger partial charge on any atom is 0.262 e. The van der Waals surface area contributed by atoms with Gasteiger partial charge in [-0.2, -0.15) is 5.10 Å². The van der Waals surface area contributed by atoms with Crippen LogP contribution < -0.4 is 5.56 Å². The van der Waals surface area contributed by atoms with Gasteiger partial charge >= 0.3 is 0 Å². The largest absolute Gasteiger partial charge is 0.301 e. The zero-order valence-corrected chi connectivity index (χ0v) is 18.1. The van der Waals surface area contributed by atoms with Crippen LogP contribution in [0.15, 0.2) is 52.5 Å². The van der Waals surface area contributed by atoms with Crippen molar-refractivity contribution in [3.8, 4) is 5.69 Å². The molecule has 0 bridgehead atoms. The van der Waals surface area contributed by atoms with E-state index < -0.39 is 0 Å². The molecule has 0 aliphatic heterocycles. The summed E-state index contributed by atoms with van der Waals surface area (Å²) in [5, 5.41) is 5.31. The number of aromatic nitrogens is 4. The summed E-state index contributed by atoms with van der Waals surface area (Å²) in [6.45, 7) is 7.59. The lowest BCUT2D eigenvalue weighted by Gasteiger charge is -2.15. The highest BCUT2D eigenvalue weighted by Crippen LogP contribution is 2.29. The third-order valence-corrected chi connectivity index (χ3v) is 6.15. The van der Waals surface area contributed by atoms with Crippen LogP contribution >= 0.6 is 11.8 Å². The Labute approximate surface area is 178 Å². The number of nitrogens with zero attached hydrogens (tertiary/aromatic N) is 3. The van der Waals surface area contributed by atoms with E-state index in [0.29, 0.717) is 21.9 Å². The van der Waals surface area contributed by atoms with Gasteiger partial charge < -0.3 is 4.98 Å². The van der Waals surface area contributed by atoms with Crippen molar-refractivity contribution in [1.29, 1.82) is 0 Å². The molecule has 0 spiro atoms. The quantitative estimate of drug-likeness (QED) is 0.293. The van der Waals surface area contributed by atoms with Crippen LogP contribution in [0.3, 0.4) is 0 Å². The maximum absolute atomic E-state index is 12.6. The van der Waals surface area contributed by atoms with E-state index in [-0.39, 0.29) is 11.3 Å². The molecule has 2 aromatic carbocycles. The fourth-order valence-corrected chi connectivity index (χ4v) is 4.90. The van der Waals surface area contributed by atoms with Gasteiger partial charge in [0.15, 0.2) is 16.6 Å². The van der Waals surface area contributed by atoms with Gasteiger partial charge in [-0.3, -0.25) is 9.59 Å². The van der Waals surface area contributed by atoms with E-state index in [0.717, 1.165) is 33.5 Å². The Morgan fingerprint density at radius 1 is 1.13 bits per heavy atom. The maximum atomic E-state index is 12.6. The number of nitrogens with one attached hydrogen (secondary N) is 1. The zero-order chi connectivity index (χ0) is 21.4. The second kappa shape index (κ2) is 7.91. The van der Waals surface area contributed by atoms with Crippen molar-refractivity contribution in [2.45, 2.75) is 38.6 Å². The number of thioether (sulfide) groups is 1. The summed E-state index contributed by atoms with van der Waals surface area (Å²) in [7, 11) is 0. The van der Waals surface area contributed by atoms with E-state index in [9.17, 15) is 9.59 Å². The number of rotatable bonds is 5. The Bertz CT molecular complexity index is 1320. The van der Waals surface area contributed by atoms with Crippen molar-refractivity contribution in [3.63, 3.8) is 0 Å². The molecule has 2 heterocycles. The van der Waals surface area contributed by atoms with Gasteiger partial charge in [-0.25, -0.2) is 9.67 Å². The summed E-state index contributed by atoms with van der Waals surface area (Å²) in [5.74, 6) is 0.669. The van der Waals surface area contributed by atoms with E-state index in [4.69, 9.17) is 0 Å². The average Bonchev–Trinajstić information content (AvgIpc) is 3.12. The number of aromatic amines is 1. The van der Waals surface area contributed by atoms with Crippen LogP contribution in [0.5, 0.6) is 0 Å². The fourth-order valence-electron chi connectivity index (χ4n) is 3.86. The summed E-state index contributed by atoms with van der Waals surface area (Å²) in [5.41, 5.74) is 6.13. The molecule has 0 amide bonds. The molecule has 0 atom stereocenters. The molecule has 0 unspecified atom stereocenters. The van der Waals surface area contributed by atoms with Crippen LogP contribution in [-0.4, -0.2) is 25.5 Å². The number of aryl methyl sites for hydroxylation is 2. The normalized spacial score (nSPS) is 11.2. The minimum Gasteiger partial charge on any atom is -0.301 e. The van der Waals surface area contributed by atoms with E-state index in [1.807, 2.05) is 57.2 Å². The number of H-pyrrole nitrogens is 1. The smallest absolute Gasteiger partial charge is 0.262 e. The molecule has 1 N–H and O–H groups in total. The second-order valence-corrected chi connectivity index (χ2v) is 8.30. The number of hydrogen-bond donors (Lipinski definition) is 1. The Balaban J connectivity index is 1.72. The Morgan fingerprint density at radius 3 is 2.57 bits per heavy atom. The zero-order valence-electron chi connectivity index (χ0n) is 17.3. The predicted molar refractivity (Wildman–Crippen MR) is 120 cm³/mol. The molecule has 0 aliphatic carbocycles. The molecule has 4 aromatic rings. The number of carbonyl (C=O) groups is 1. The molecule has 2 aromatic heterocycles. The van der Waals surface area contributed by atoms with Crippen molar-refractivity contribution in [3.05, 3.63) is 80.8 Å². The van der Waals surface area contributed by atoms with Crippen LogP contribution in [0, 0.1) is 20.8 Å². The topological polar surface area (TPSA) is 80.6 Å². The fraction of sp³-hybridized carbons (Fsp3) is 0.217. The van der Waals surface area contributed by atoms with E-state index >= 15 is 0 Å². The van der Waals surface area contributed by atoms with E-state index in [1.165, 1.54) is 18.0 Å². The molecular formula is C23H22N4O2S. The van der Waals surface area contributed by atoms with Gasteiger partial charge in [0.05, 0.1) is 11.9 Å². The highest BCUT2D eigenvalue weighted by molar-refractivity contribution is 7.98. The predicted octanol–water partition coefficient (Wildman–Crippen LogP) is 4.53. The van der Waals surface area contributed by atoms with Crippen molar-refractivity contribution in [2.75, 3.05) is 0 Å². The summed E-state index contributed by atoms with van der Waals surface area (Å²) >= 11 is 1.45. The summed E-state index contributed by atoms with van der Waals surface area (Å²) in [6.07, 6.45) is 1.54. The molecule has 0 fully saturated rings. The van der Waals surface area contributed by atoms with Crippen molar-refractivity contribution in [1.82, 2.24) is 19.7 Å². The number of hydrogen-bond acceptors (Lipinski definition) is 5. The lowest BCUT2D eigenvalue weighted by Crippen LogP contribution is -2.10. The average molecular weight is 419 g/mol. The number of ketones is 1. The van der Waals surface area contributed by atoms with Gasteiger partial charge in [0.25, 0.3) is 5.56 Å². The van der Waals surface area contributed by atoms with Crippen LogP contribution in [0.2, 0.25) is 0 Å². The Kier molecular flexibility index (Phi) is 5.30. The van der Waals surface area contributed by atoms with Crippen LogP contribution in [0.4, 0.5) is 0 Å². The van der Waals surface area contributed by atoms with E-state index in [1.54, 1.807) is 11.6 Å². The molecule has 0 aliphatic rings. The van der Waals surface area contributed by atoms with Gasteiger partial charge in [-0.05, 0) is 62.1 Å². The Hall–Kier alpha value is -3.19. The molecule has 30 heavy (non-hydrogen) atoms. The third kappa shape index (κ3) is 3.57. The minimum atomic E-state index is -0.216. The van der Waals surface area contributed by atoms with Gasteiger partial charge in [-0.15, -0.1) is 0 Å².